The van der Waals surface area contributed by atoms with E-state index in [-0.39, 0.29) is 12.6 Å². The van der Waals surface area contributed by atoms with E-state index in [0.29, 0.717) is 36.1 Å². The Morgan fingerprint density at radius 2 is 1.87 bits per heavy atom. The molecule has 162 valence electrons. The first-order valence-electron chi connectivity index (χ1n) is 9.68. The summed E-state index contributed by atoms with van der Waals surface area (Å²) in [6.45, 7) is 4.40. The molecule has 0 bridgehead atoms. The van der Waals surface area contributed by atoms with Crippen LogP contribution in [0, 0.1) is 0 Å². The third-order valence-corrected chi connectivity index (χ3v) is 5.80. The number of sulfonamides is 1. The predicted octanol–water partition coefficient (Wildman–Crippen LogP) is 2.20. The van der Waals surface area contributed by atoms with Crippen molar-refractivity contribution in [1.82, 2.24) is 5.32 Å². The highest BCUT2D eigenvalue weighted by Gasteiger charge is 2.30. The number of hydrogen-bond acceptors (Lipinski definition) is 6. The normalized spacial score (nSPS) is 16.4. The molecule has 8 nitrogen and oxygen atoms in total. The van der Waals surface area contributed by atoms with Crippen molar-refractivity contribution in [1.29, 1.82) is 0 Å². The van der Waals surface area contributed by atoms with Gasteiger partial charge in [-0.15, -0.1) is 0 Å². The van der Waals surface area contributed by atoms with Gasteiger partial charge in [0.1, 0.15) is 24.5 Å². The van der Waals surface area contributed by atoms with Crippen molar-refractivity contribution >= 4 is 21.6 Å². The van der Waals surface area contributed by atoms with Crippen LogP contribution in [-0.4, -0.2) is 52.5 Å². The molecule has 0 saturated heterocycles. The number of para-hydroxylation sites is 2. The lowest BCUT2D eigenvalue weighted by atomic mass is 10.2. The Hall–Kier alpha value is -2.94. The molecule has 0 radical (unpaired) electrons. The van der Waals surface area contributed by atoms with Crippen molar-refractivity contribution in [3.63, 3.8) is 0 Å². The van der Waals surface area contributed by atoms with E-state index >= 15 is 0 Å². The first-order chi connectivity index (χ1) is 14.3. The second-order valence-corrected chi connectivity index (χ2v) is 8.76. The van der Waals surface area contributed by atoms with Crippen molar-refractivity contribution in [3.8, 4) is 17.2 Å². The lowest BCUT2D eigenvalue weighted by molar-refractivity contribution is -0.122. The monoisotopic (exact) mass is 434 g/mol. The summed E-state index contributed by atoms with van der Waals surface area (Å²) in [7, 11) is -3.69. The maximum absolute atomic E-state index is 12.7. The zero-order valence-corrected chi connectivity index (χ0v) is 18.0. The molecule has 30 heavy (non-hydrogen) atoms. The largest absolute Gasteiger partial charge is 0.494 e. The summed E-state index contributed by atoms with van der Waals surface area (Å²) in [6.07, 6.45) is 0.704. The minimum absolute atomic E-state index is 0.193. The highest BCUT2D eigenvalue weighted by molar-refractivity contribution is 7.92. The number of fused-ring (bicyclic) bond motifs is 1. The molecule has 0 unspecified atom stereocenters. The third-order valence-electron chi connectivity index (χ3n) is 4.56. The van der Waals surface area contributed by atoms with Crippen LogP contribution in [0.4, 0.5) is 5.69 Å². The fraction of sp³-hybridized carbons (Fsp3) is 0.381. The molecule has 3 rings (SSSR count). The molecule has 1 heterocycles. The van der Waals surface area contributed by atoms with Gasteiger partial charge in [0.2, 0.25) is 15.9 Å². The maximum atomic E-state index is 12.7. The van der Waals surface area contributed by atoms with E-state index in [2.05, 4.69) is 5.32 Å². The van der Waals surface area contributed by atoms with Crippen molar-refractivity contribution in [3.05, 3.63) is 48.5 Å². The number of ether oxygens (including phenoxy) is 3. The summed E-state index contributed by atoms with van der Waals surface area (Å²) in [4.78, 5) is 12.7. The molecule has 2 aromatic rings. The Morgan fingerprint density at radius 1 is 1.20 bits per heavy atom. The average molecular weight is 435 g/mol. The molecular formula is C21H26N2O6S. The SMILES string of the molecule is CCOc1ccc(N([C@@H](C)C(=O)NC[C@H]2COc3ccccc3O2)S(C)(=O)=O)cc1. The quantitative estimate of drug-likeness (QED) is 0.685. The van der Waals surface area contributed by atoms with Crippen molar-refractivity contribution in [2.45, 2.75) is 26.0 Å². The molecule has 0 aromatic heterocycles. The van der Waals surface area contributed by atoms with Gasteiger partial charge < -0.3 is 19.5 Å². The zero-order chi connectivity index (χ0) is 21.7. The first-order valence-corrected chi connectivity index (χ1v) is 11.5. The summed E-state index contributed by atoms with van der Waals surface area (Å²) in [5.41, 5.74) is 0.384. The van der Waals surface area contributed by atoms with Crippen LogP contribution in [0.1, 0.15) is 13.8 Å². The second-order valence-electron chi connectivity index (χ2n) is 6.90. The van der Waals surface area contributed by atoms with Gasteiger partial charge in [-0.05, 0) is 50.2 Å². The molecule has 1 aliphatic rings. The number of benzene rings is 2. The Labute approximate surface area is 176 Å². The van der Waals surface area contributed by atoms with E-state index in [1.54, 1.807) is 37.3 Å². The van der Waals surface area contributed by atoms with Gasteiger partial charge in [0.25, 0.3) is 0 Å². The van der Waals surface area contributed by atoms with Gasteiger partial charge in [-0.3, -0.25) is 9.10 Å². The van der Waals surface area contributed by atoms with E-state index in [4.69, 9.17) is 14.2 Å². The van der Waals surface area contributed by atoms with Crippen LogP contribution >= 0.6 is 0 Å². The lowest BCUT2D eigenvalue weighted by Crippen LogP contribution is -2.50. The van der Waals surface area contributed by atoms with Gasteiger partial charge >= 0.3 is 0 Å². The molecule has 1 N–H and O–H groups in total. The molecule has 1 aliphatic heterocycles. The van der Waals surface area contributed by atoms with Crippen LogP contribution in [0.15, 0.2) is 48.5 Å². The Morgan fingerprint density at radius 3 is 2.50 bits per heavy atom. The second kappa shape index (κ2) is 9.25. The van der Waals surface area contributed by atoms with Crippen LogP contribution in [-0.2, 0) is 14.8 Å². The number of carbonyl (C=O) groups is 1. The van der Waals surface area contributed by atoms with Crippen LogP contribution in [0.5, 0.6) is 17.2 Å². The van der Waals surface area contributed by atoms with Gasteiger partial charge in [-0.25, -0.2) is 8.42 Å². The number of amides is 1. The number of nitrogens with one attached hydrogen (secondary N) is 1. The fourth-order valence-corrected chi connectivity index (χ4v) is 4.37. The molecule has 2 aromatic carbocycles. The number of hydrogen-bond donors (Lipinski definition) is 1. The maximum Gasteiger partial charge on any atom is 0.243 e. The molecule has 0 fully saturated rings. The molecule has 0 aliphatic carbocycles. The van der Waals surface area contributed by atoms with Crippen LogP contribution in [0.2, 0.25) is 0 Å². The molecule has 1 amide bonds. The minimum Gasteiger partial charge on any atom is -0.494 e. The molecule has 0 saturated carbocycles. The first kappa shape index (κ1) is 21.8. The standard InChI is InChI=1S/C21H26N2O6S/c1-4-27-17-11-9-16(10-12-17)23(30(3,25)26)15(2)21(24)22-13-18-14-28-19-7-5-6-8-20(19)29-18/h5-12,15,18H,4,13-14H2,1-3H3,(H,22,24)/t15-,18-/m0/s1. The molecule has 0 spiro atoms. The van der Waals surface area contributed by atoms with E-state index in [1.807, 2.05) is 25.1 Å². The van der Waals surface area contributed by atoms with Crippen LogP contribution in [0.25, 0.3) is 0 Å². The summed E-state index contributed by atoms with van der Waals surface area (Å²) in [6, 6.07) is 12.9. The predicted molar refractivity (Wildman–Crippen MR) is 114 cm³/mol. The molecule has 9 heteroatoms. The van der Waals surface area contributed by atoms with Gasteiger partial charge in [0.15, 0.2) is 11.5 Å². The number of rotatable bonds is 8. The average Bonchev–Trinajstić information content (AvgIpc) is 2.72. The van der Waals surface area contributed by atoms with Gasteiger partial charge in [0, 0.05) is 0 Å². The van der Waals surface area contributed by atoms with Crippen LogP contribution < -0.4 is 23.8 Å². The van der Waals surface area contributed by atoms with E-state index < -0.39 is 22.0 Å². The molecule has 2 atom stereocenters. The smallest absolute Gasteiger partial charge is 0.243 e. The summed E-state index contributed by atoms with van der Waals surface area (Å²) in [5, 5.41) is 2.76. The van der Waals surface area contributed by atoms with Crippen molar-refractivity contribution < 1.29 is 27.4 Å². The third kappa shape index (κ3) is 5.15. The van der Waals surface area contributed by atoms with Gasteiger partial charge in [-0.2, -0.15) is 0 Å². The number of nitrogens with zero attached hydrogens (tertiary/aromatic N) is 1. The minimum atomic E-state index is -3.69. The van der Waals surface area contributed by atoms with Crippen LogP contribution in [0.3, 0.4) is 0 Å². The summed E-state index contributed by atoms with van der Waals surface area (Å²) in [5.74, 6) is 1.47. The van der Waals surface area contributed by atoms with Crippen molar-refractivity contribution in [2.24, 2.45) is 0 Å². The summed E-state index contributed by atoms with van der Waals surface area (Å²) < 4.78 is 42.7. The summed E-state index contributed by atoms with van der Waals surface area (Å²) >= 11 is 0. The topological polar surface area (TPSA) is 94.2 Å². The van der Waals surface area contributed by atoms with Crippen molar-refractivity contribution in [2.75, 3.05) is 30.3 Å². The lowest BCUT2D eigenvalue weighted by Gasteiger charge is -2.30. The Bertz CT molecular complexity index is 977. The highest BCUT2D eigenvalue weighted by Crippen LogP contribution is 2.30. The fourth-order valence-electron chi connectivity index (χ4n) is 3.19. The van der Waals surface area contributed by atoms with E-state index in [1.165, 1.54) is 0 Å². The Balaban J connectivity index is 1.66. The highest BCUT2D eigenvalue weighted by atomic mass is 32.2. The Kier molecular flexibility index (Phi) is 6.71. The number of anilines is 1. The van der Waals surface area contributed by atoms with Gasteiger partial charge in [-0.1, -0.05) is 12.1 Å². The number of carbonyl (C=O) groups excluding carboxylic acids is 1. The zero-order valence-electron chi connectivity index (χ0n) is 17.2. The molecular weight excluding hydrogens is 408 g/mol. The van der Waals surface area contributed by atoms with Gasteiger partial charge in [0.05, 0.1) is 25.1 Å². The van der Waals surface area contributed by atoms with E-state index in [0.717, 1.165) is 10.6 Å². The van der Waals surface area contributed by atoms with E-state index in [9.17, 15) is 13.2 Å².